The highest BCUT2D eigenvalue weighted by atomic mass is 16.7. The van der Waals surface area contributed by atoms with Gasteiger partial charge < -0.3 is 33.5 Å². The molecule has 214 valence electrons. The number of aromatic hydroxyl groups is 1. The highest BCUT2D eigenvalue weighted by Gasteiger charge is 2.53. The number of carbonyl (C=O) groups excluding carboxylic acids is 5. The van der Waals surface area contributed by atoms with Crippen LogP contribution in [0.5, 0.6) is 11.5 Å². The molecule has 0 spiro atoms. The van der Waals surface area contributed by atoms with Crippen molar-refractivity contribution in [1.82, 2.24) is 0 Å². The molecule has 1 fully saturated rings. The van der Waals surface area contributed by atoms with Crippen LogP contribution in [0.15, 0.2) is 48.5 Å². The van der Waals surface area contributed by atoms with Crippen LogP contribution in [0.1, 0.15) is 43.6 Å². The lowest BCUT2D eigenvalue weighted by atomic mass is 9.98. The molecule has 1 saturated heterocycles. The largest absolute Gasteiger partial charge is 0.507 e. The van der Waals surface area contributed by atoms with Crippen molar-refractivity contribution in [1.29, 1.82) is 0 Å². The third-order valence-corrected chi connectivity index (χ3v) is 5.68. The molecule has 2 aromatic rings. The monoisotopic (exact) mass is 558 g/mol. The summed E-state index contributed by atoms with van der Waals surface area (Å²) < 4.78 is 32.8. The highest BCUT2D eigenvalue weighted by molar-refractivity contribution is 6.00. The SMILES string of the molecule is CC(=O)OC[C@@H]1O[C@@H](Oc2ccc(C(=O)Cc3ccccc3)c(O)c2)[C@@H](OC(C)=O)[C@H](OC(C)=O)[C@@H]1OC(C)=O. The second kappa shape index (κ2) is 13.6. The van der Waals surface area contributed by atoms with Crippen molar-refractivity contribution in [3.05, 3.63) is 59.7 Å². The normalized spacial score (nSPS) is 21.9. The highest BCUT2D eigenvalue weighted by Crippen LogP contribution is 2.32. The van der Waals surface area contributed by atoms with E-state index in [-0.39, 0.29) is 29.3 Å². The molecule has 12 heteroatoms. The van der Waals surface area contributed by atoms with Gasteiger partial charge in [0.1, 0.15) is 24.2 Å². The van der Waals surface area contributed by atoms with Crippen LogP contribution in [-0.2, 0) is 49.3 Å². The maximum atomic E-state index is 12.7. The van der Waals surface area contributed by atoms with Gasteiger partial charge in [-0.2, -0.15) is 0 Å². The van der Waals surface area contributed by atoms with Gasteiger partial charge in [0.05, 0.1) is 5.56 Å². The van der Waals surface area contributed by atoms with Crippen molar-refractivity contribution >= 4 is 29.7 Å². The second-order valence-corrected chi connectivity index (χ2v) is 8.95. The summed E-state index contributed by atoms with van der Waals surface area (Å²) >= 11 is 0. The smallest absolute Gasteiger partial charge is 0.303 e. The summed E-state index contributed by atoms with van der Waals surface area (Å²) in [5, 5.41) is 10.6. The Labute approximate surface area is 230 Å². The molecule has 0 saturated carbocycles. The minimum atomic E-state index is -1.48. The molecule has 1 heterocycles. The number of hydrogen-bond donors (Lipinski definition) is 1. The molecule has 12 nitrogen and oxygen atoms in total. The van der Waals surface area contributed by atoms with E-state index >= 15 is 0 Å². The predicted molar refractivity (Wildman–Crippen MR) is 135 cm³/mol. The van der Waals surface area contributed by atoms with E-state index in [1.807, 2.05) is 6.07 Å². The summed E-state index contributed by atoms with van der Waals surface area (Å²) in [4.78, 5) is 60.0. The van der Waals surface area contributed by atoms with Gasteiger partial charge in [0.15, 0.2) is 18.0 Å². The van der Waals surface area contributed by atoms with E-state index in [4.69, 9.17) is 28.4 Å². The topological polar surface area (TPSA) is 161 Å². The standard InChI is InChI=1S/C28H30O12/c1-15(29)35-14-24-25(36-16(2)30)26(37-17(3)31)27(38-18(4)32)28(40-24)39-20-10-11-21(23(34)13-20)22(33)12-19-8-6-5-7-9-19/h5-11,13,24-28,34H,12,14H2,1-4H3/t24-,25+,26+,27-,28+/m0/s1. The number of ketones is 1. The first-order chi connectivity index (χ1) is 18.9. The number of phenolic OH excluding ortho intramolecular Hbond substituents is 1. The lowest BCUT2D eigenvalue weighted by Gasteiger charge is -2.43. The molecule has 0 amide bonds. The summed E-state index contributed by atoms with van der Waals surface area (Å²) in [5.41, 5.74) is 0.822. The van der Waals surface area contributed by atoms with Crippen LogP contribution in [-0.4, -0.2) is 72.1 Å². The fourth-order valence-electron chi connectivity index (χ4n) is 4.11. The van der Waals surface area contributed by atoms with Gasteiger partial charge in [-0.25, -0.2) is 0 Å². The van der Waals surface area contributed by atoms with Crippen molar-refractivity contribution in [2.24, 2.45) is 0 Å². The lowest BCUT2D eigenvalue weighted by Crippen LogP contribution is -2.63. The van der Waals surface area contributed by atoms with E-state index in [1.54, 1.807) is 24.3 Å². The first kappa shape index (κ1) is 30.1. The number of phenols is 1. The van der Waals surface area contributed by atoms with Crippen molar-refractivity contribution < 1.29 is 57.5 Å². The van der Waals surface area contributed by atoms with E-state index in [1.165, 1.54) is 18.2 Å². The zero-order chi connectivity index (χ0) is 29.4. The summed E-state index contributed by atoms with van der Waals surface area (Å²) in [6, 6.07) is 12.9. The van der Waals surface area contributed by atoms with Crippen LogP contribution in [0.4, 0.5) is 0 Å². The zero-order valence-electron chi connectivity index (χ0n) is 22.4. The summed E-state index contributed by atoms with van der Waals surface area (Å²) in [6.45, 7) is 4.06. The van der Waals surface area contributed by atoms with E-state index < -0.39 is 61.2 Å². The van der Waals surface area contributed by atoms with Crippen molar-refractivity contribution in [2.45, 2.75) is 64.8 Å². The van der Waals surface area contributed by atoms with Crippen LogP contribution >= 0.6 is 0 Å². The minimum Gasteiger partial charge on any atom is -0.507 e. The molecule has 3 rings (SSSR count). The first-order valence-electron chi connectivity index (χ1n) is 12.3. The fraction of sp³-hybridized carbons (Fsp3) is 0.393. The summed E-state index contributed by atoms with van der Waals surface area (Å²) in [7, 11) is 0. The number of benzene rings is 2. The lowest BCUT2D eigenvalue weighted by molar-refractivity contribution is -0.288. The fourth-order valence-corrected chi connectivity index (χ4v) is 4.11. The number of Topliss-reactive ketones (excluding diaryl/α,β-unsaturated/α-hetero) is 1. The first-order valence-corrected chi connectivity index (χ1v) is 12.3. The molecule has 1 aliphatic rings. The molecule has 0 aromatic heterocycles. The average molecular weight is 559 g/mol. The predicted octanol–water partition coefficient (Wildman–Crippen LogP) is 2.28. The van der Waals surface area contributed by atoms with Gasteiger partial charge in [0, 0.05) is 40.2 Å². The molecule has 1 aliphatic heterocycles. The third-order valence-electron chi connectivity index (χ3n) is 5.68. The van der Waals surface area contributed by atoms with Crippen LogP contribution in [0, 0.1) is 0 Å². The second-order valence-electron chi connectivity index (χ2n) is 8.95. The number of carbonyl (C=O) groups is 5. The number of hydrogen-bond acceptors (Lipinski definition) is 12. The molecule has 5 atom stereocenters. The maximum Gasteiger partial charge on any atom is 0.303 e. The van der Waals surface area contributed by atoms with Crippen LogP contribution in [0.2, 0.25) is 0 Å². The van der Waals surface area contributed by atoms with Gasteiger partial charge in [0.2, 0.25) is 12.4 Å². The van der Waals surface area contributed by atoms with Gasteiger partial charge in [-0.15, -0.1) is 0 Å². The van der Waals surface area contributed by atoms with Gasteiger partial charge in [0.25, 0.3) is 0 Å². The Morgan fingerprint density at radius 2 is 1.38 bits per heavy atom. The zero-order valence-corrected chi connectivity index (χ0v) is 22.4. The Kier molecular flexibility index (Phi) is 10.2. The molecule has 2 aromatic carbocycles. The van der Waals surface area contributed by atoms with E-state index in [0.717, 1.165) is 33.3 Å². The Morgan fingerprint density at radius 1 is 0.775 bits per heavy atom. The van der Waals surface area contributed by atoms with Crippen molar-refractivity contribution in [3.63, 3.8) is 0 Å². The molecule has 1 N–H and O–H groups in total. The maximum absolute atomic E-state index is 12.7. The van der Waals surface area contributed by atoms with Gasteiger partial charge >= 0.3 is 23.9 Å². The number of ether oxygens (including phenoxy) is 6. The molecule has 0 bridgehead atoms. The molecular weight excluding hydrogens is 528 g/mol. The van der Waals surface area contributed by atoms with Crippen molar-refractivity contribution in [2.75, 3.05) is 6.61 Å². The van der Waals surface area contributed by atoms with Crippen LogP contribution in [0.3, 0.4) is 0 Å². The Hall–Kier alpha value is -4.45. The van der Waals surface area contributed by atoms with Crippen LogP contribution in [0.25, 0.3) is 0 Å². The molecule has 0 aliphatic carbocycles. The van der Waals surface area contributed by atoms with E-state index in [0.29, 0.717) is 0 Å². The Balaban J connectivity index is 1.91. The van der Waals surface area contributed by atoms with Crippen molar-refractivity contribution in [3.8, 4) is 11.5 Å². The molecule has 0 radical (unpaired) electrons. The quantitative estimate of drug-likeness (QED) is 0.258. The molecular formula is C28H30O12. The molecule has 0 unspecified atom stereocenters. The Morgan fingerprint density at radius 3 is 1.95 bits per heavy atom. The van der Waals surface area contributed by atoms with E-state index in [2.05, 4.69) is 0 Å². The van der Waals surface area contributed by atoms with Crippen LogP contribution < -0.4 is 4.74 Å². The number of rotatable bonds is 10. The number of esters is 4. The molecule has 40 heavy (non-hydrogen) atoms. The Bertz CT molecular complexity index is 1240. The average Bonchev–Trinajstić information content (AvgIpc) is 2.86. The van der Waals surface area contributed by atoms with Gasteiger partial charge in [-0.1, -0.05) is 30.3 Å². The van der Waals surface area contributed by atoms with Gasteiger partial charge in [-0.3, -0.25) is 24.0 Å². The third kappa shape index (κ3) is 8.27. The summed E-state index contributed by atoms with van der Waals surface area (Å²) in [5.74, 6) is -3.69. The minimum absolute atomic E-state index is 0.00895. The van der Waals surface area contributed by atoms with E-state index in [9.17, 15) is 29.1 Å². The van der Waals surface area contributed by atoms with Gasteiger partial charge in [-0.05, 0) is 17.7 Å². The summed E-state index contributed by atoms with van der Waals surface area (Å²) in [6.07, 6.45) is -6.81.